The number of carbonyl (C=O) groups excluding carboxylic acids is 1. The molecular weight excluding hydrogens is 198 g/mol. The number of benzene rings is 1. The predicted octanol–water partition coefficient (Wildman–Crippen LogP) is 2.57. The van der Waals surface area contributed by atoms with Gasteiger partial charge in [0.1, 0.15) is 0 Å². The minimum atomic E-state index is -0.166. The zero-order valence-electron chi connectivity index (χ0n) is 10.0. The second-order valence-corrected chi connectivity index (χ2v) is 5.01. The number of nitrogens with one attached hydrogen (secondary N) is 1. The normalized spacial score (nSPS) is 19.4. The van der Waals surface area contributed by atoms with Crippen molar-refractivity contribution >= 4 is 5.78 Å². The van der Waals surface area contributed by atoms with E-state index in [-0.39, 0.29) is 5.41 Å². The summed E-state index contributed by atoms with van der Waals surface area (Å²) >= 11 is 0. The van der Waals surface area contributed by atoms with Gasteiger partial charge >= 0.3 is 0 Å². The number of piperidine rings is 1. The summed E-state index contributed by atoms with van der Waals surface area (Å²) in [6.45, 7) is 6.04. The lowest BCUT2D eigenvalue weighted by Gasteiger charge is -2.32. The number of rotatable bonds is 2. The number of carbonyl (C=O) groups is 1. The van der Waals surface area contributed by atoms with Crippen molar-refractivity contribution in [3.8, 4) is 0 Å². The first-order chi connectivity index (χ1) is 7.62. The van der Waals surface area contributed by atoms with Crippen LogP contribution < -0.4 is 5.32 Å². The van der Waals surface area contributed by atoms with Crippen LogP contribution in [0, 0.1) is 12.3 Å². The van der Waals surface area contributed by atoms with Gasteiger partial charge in [-0.3, -0.25) is 4.79 Å². The molecule has 1 aliphatic rings. The summed E-state index contributed by atoms with van der Waals surface area (Å²) in [5.41, 5.74) is 1.89. The van der Waals surface area contributed by atoms with Crippen molar-refractivity contribution < 1.29 is 4.79 Å². The molecule has 0 saturated carbocycles. The van der Waals surface area contributed by atoms with Crippen LogP contribution in [0.3, 0.4) is 0 Å². The molecule has 0 unspecified atom stereocenters. The highest BCUT2D eigenvalue weighted by molar-refractivity contribution is 6.00. The largest absolute Gasteiger partial charge is 0.317 e. The van der Waals surface area contributed by atoms with Gasteiger partial charge in [-0.15, -0.1) is 0 Å². The first kappa shape index (κ1) is 11.3. The second kappa shape index (κ2) is 4.38. The maximum Gasteiger partial charge on any atom is 0.168 e. The van der Waals surface area contributed by atoms with Crippen molar-refractivity contribution in [3.05, 3.63) is 35.4 Å². The number of aryl methyl sites for hydroxylation is 1. The standard InChI is InChI=1S/C14H19NO/c1-11-3-5-12(6-4-11)13(16)14(2)7-9-15-10-8-14/h3-6,15H,7-10H2,1-2H3. The van der Waals surface area contributed by atoms with E-state index in [9.17, 15) is 4.79 Å². The molecule has 1 fully saturated rings. The van der Waals surface area contributed by atoms with Crippen molar-refractivity contribution in [1.29, 1.82) is 0 Å². The molecule has 1 aliphatic heterocycles. The molecule has 1 heterocycles. The molecule has 0 bridgehead atoms. The van der Waals surface area contributed by atoms with Gasteiger partial charge in [0.2, 0.25) is 0 Å². The van der Waals surface area contributed by atoms with Gasteiger partial charge in [0.05, 0.1) is 0 Å². The van der Waals surface area contributed by atoms with Gasteiger partial charge in [-0.05, 0) is 32.9 Å². The van der Waals surface area contributed by atoms with Crippen molar-refractivity contribution in [3.63, 3.8) is 0 Å². The van der Waals surface area contributed by atoms with Crippen LogP contribution in [0.1, 0.15) is 35.7 Å². The van der Waals surface area contributed by atoms with E-state index in [1.54, 1.807) is 0 Å². The third-order valence-electron chi connectivity index (χ3n) is 3.57. The van der Waals surface area contributed by atoms with E-state index < -0.39 is 0 Å². The van der Waals surface area contributed by atoms with E-state index in [4.69, 9.17) is 0 Å². The Morgan fingerprint density at radius 1 is 1.19 bits per heavy atom. The molecule has 1 N–H and O–H groups in total. The van der Waals surface area contributed by atoms with Crippen LogP contribution in [-0.2, 0) is 0 Å². The summed E-state index contributed by atoms with van der Waals surface area (Å²) in [5, 5.41) is 3.30. The summed E-state index contributed by atoms with van der Waals surface area (Å²) in [5.74, 6) is 0.300. The van der Waals surface area contributed by atoms with Gasteiger partial charge in [0.15, 0.2) is 5.78 Å². The minimum absolute atomic E-state index is 0.166. The number of ketones is 1. The summed E-state index contributed by atoms with van der Waals surface area (Å²) in [7, 11) is 0. The zero-order valence-corrected chi connectivity index (χ0v) is 10.0. The Kier molecular flexibility index (Phi) is 3.10. The Labute approximate surface area is 97.1 Å². The molecule has 1 saturated heterocycles. The average molecular weight is 217 g/mol. The summed E-state index contributed by atoms with van der Waals surface area (Å²) < 4.78 is 0. The second-order valence-electron chi connectivity index (χ2n) is 5.01. The molecule has 0 amide bonds. The smallest absolute Gasteiger partial charge is 0.168 e. The number of hydrogen-bond acceptors (Lipinski definition) is 2. The molecule has 1 aromatic carbocycles. The lowest BCUT2D eigenvalue weighted by Crippen LogP contribution is -2.40. The molecule has 2 heteroatoms. The minimum Gasteiger partial charge on any atom is -0.317 e. The van der Waals surface area contributed by atoms with E-state index >= 15 is 0 Å². The van der Waals surface area contributed by atoms with Gasteiger partial charge in [-0.2, -0.15) is 0 Å². The molecule has 16 heavy (non-hydrogen) atoms. The highest BCUT2D eigenvalue weighted by Crippen LogP contribution is 2.32. The Morgan fingerprint density at radius 2 is 1.75 bits per heavy atom. The van der Waals surface area contributed by atoms with Gasteiger partial charge in [-0.25, -0.2) is 0 Å². The van der Waals surface area contributed by atoms with Gasteiger partial charge in [-0.1, -0.05) is 36.8 Å². The SMILES string of the molecule is Cc1ccc(C(=O)C2(C)CCNCC2)cc1. The first-order valence-electron chi connectivity index (χ1n) is 5.94. The number of Topliss-reactive ketones (excluding diaryl/α,β-unsaturated/α-hetero) is 1. The van der Waals surface area contributed by atoms with Crippen molar-refractivity contribution in [1.82, 2.24) is 5.32 Å². The molecule has 0 atom stereocenters. The molecular formula is C14H19NO. The molecule has 0 aliphatic carbocycles. The van der Waals surface area contributed by atoms with Crippen molar-refractivity contribution in [2.24, 2.45) is 5.41 Å². The molecule has 0 aromatic heterocycles. The lowest BCUT2D eigenvalue weighted by molar-refractivity contribution is 0.0762. The molecule has 1 aromatic rings. The van der Waals surface area contributed by atoms with Gasteiger partial charge in [0, 0.05) is 11.0 Å². The summed E-state index contributed by atoms with van der Waals surface area (Å²) in [4.78, 5) is 12.4. The van der Waals surface area contributed by atoms with Crippen LogP contribution in [0.2, 0.25) is 0 Å². The van der Waals surface area contributed by atoms with Crippen molar-refractivity contribution in [2.45, 2.75) is 26.7 Å². The fourth-order valence-electron chi connectivity index (χ4n) is 2.26. The molecule has 86 valence electrons. The highest BCUT2D eigenvalue weighted by Gasteiger charge is 2.34. The van der Waals surface area contributed by atoms with Crippen LogP contribution in [-0.4, -0.2) is 18.9 Å². The van der Waals surface area contributed by atoms with E-state index in [2.05, 4.69) is 12.2 Å². The van der Waals surface area contributed by atoms with Crippen LogP contribution in [0.4, 0.5) is 0 Å². The van der Waals surface area contributed by atoms with E-state index in [0.717, 1.165) is 31.5 Å². The highest BCUT2D eigenvalue weighted by atomic mass is 16.1. The van der Waals surface area contributed by atoms with Gasteiger partial charge in [0.25, 0.3) is 0 Å². The zero-order chi connectivity index (χ0) is 11.6. The monoisotopic (exact) mass is 217 g/mol. The quantitative estimate of drug-likeness (QED) is 0.771. The maximum atomic E-state index is 12.4. The first-order valence-corrected chi connectivity index (χ1v) is 5.94. The van der Waals surface area contributed by atoms with E-state index in [0.29, 0.717) is 5.78 Å². The van der Waals surface area contributed by atoms with Crippen molar-refractivity contribution in [2.75, 3.05) is 13.1 Å². The molecule has 0 spiro atoms. The molecule has 2 nitrogen and oxygen atoms in total. The fourth-order valence-corrected chi connectivity index (χ4v) is 2.26. The Bertz CT molecular complexity index is 374. The third-order valence-corrected chi connectivity index (χ3v) is 3.57. The molecule has 2 rings (SSSR count). The van der Waals surface area contributed by atoms with Gasteiger partial charge < -0.3 is 5.32 Å². The summed E-state index contributed by atoms with van der Waals surface area (Å²) in [6, 6.07) is 7.92. The molecule has 0 radical (unpaired) electrons. The average Bonchev–Trinajstić information content (AvgIpc) is 2.30. The van der Waals surface area contributed by atoms with Crippen LogP contribution in [0.5, 0.6) is 0 Å². The van der Waals surface area contributed by atoms with Crippen LogP contribution in [0.25, 0.3) is 0 Å². The van der Waals surface area contributed by atoms with Crippen LogP contribution in [0.15, 0.2) is 24.3 Å². The fraction of sp³-hybridized carbons (Fsp3) is 0.500. The van der Waals surface area contributed by atoms with E-state index in [1.807, 2.05) is 31.2 Å². The van der Waals surface area contributed by atoms with Crippen LogP contribution >= 0.6 is 0 Å². The Balaban J connectivity index is 2.20. The lowest BCUT2D eigenvalue weighted by atomic mass is 9.75. The van der Waals surface area contributed by atoms with E-state index in [1.165, 1.54) is 5.56 Å². The maximum absolute atomic E-state index is 12.4. The third kappa shape index (κ3) is 2.17. The summed E-state index contributed by atoms with van der Waals surface area (Å²) in [6.07, 6.45) is 1.89. The topological polar surface area (TPSA) is 29.1 Å². The Morgan fingerprint density at radius 3 is 2.31 bits per heavy atom. The number of hydrogen-bond donors (Lipinski definition) is 1. The predicted molar refractivity (Wildman–Crippen MR) is 65.7 cm³/mol. The Hall–Kier alpha value is -1.15.